The van der Waals surface area contributed by atoms with Crippen molar-refractivity contribution in [1.82, 2.24) is 10.2 Å². The van der Waals surface area contributed by atoms with E-state index in [1.165, 1.54) is 16.7 Å². The van der Waals surface area contributed by atoms with Gasteiger partial charge in [-0.05, 0) is 47.4 Å². The Morgan fingerprint density at radius 2 is 1.75 bits per heavy atom. The predicted octanol–water partition coefficient (Wildman–Crippen LogP) is 2.95. The first-order valence-corrected chi connectivity index (χ1v) is 9.42. The SMILES string of the molecule is COc1ccc(CN2CCc3cc(OC)c(OC)cc3[C@@H]2CNC(C)=O)cc1. The van der Waals surface area contributed by atoms with Gasteiger partial charge in [0.2, 0.25) is 5.91 Å². The van der Waals surface area contributed by atoms with Gasteiger partial charge in [0, 0.05) is 26.6 Å². The van der Waals surface area contributed by atoms with Gasteiger partial charge in [-0.15, -0.1) is 0 Å². The molecule has 0 aromatic heterocycles. The Kier molecular flexibility index (Phi) is 6.41. The Balaban J connectivity index is 1.90. The zero-order chi connectivity index (χ0) is 20.1. The van der Waals surface area contributed by atoms with Crippen LogP contribution in [0, 0.1) is 0 Å². The lowest BCUT2D eigenvalue weighted by Crippen LogP contribution is -2.41. The minimum absolute atomic E-state index is 0.0306. The number of fused-ring (bicyclic) bond motifs is 1. The van der Waals surface area contributed by atoms with Crippen molar-refractivity contribution in [2.45, 2.75) is 25.9 Å². The van der Waals surface area contributed by atoms with Gasteiger partial charge in [0.1, 0.15) is 5.75 Å². The van der Waals surface area contributed by atoms with E-state index in [-0.39, 0.29) is 11.9 Å². The monoisotopic (exact) mass is 384 g/mol. The minimum Gasteiger partial charge on any atom is -0.497 e. The molecule has 0 unspecified atom stereocenters. The number of carbonyl (C=O) groups is 1. The molecule has 2 aromatic carbocycles. The van der Waals surface area contributed by atoms with Crippen LogP contribution in [-0.4, -0.2) is 45.2 Å². The number of benzene rings is 2. The first kappa shape index (κ1) is 20.0. The lowest BCUT2D eigenvalue weighted by molar-refractivity contribution is -0.119. The topological polar surface area (TPSA) is 60.0 Å². The molecule has 2 aromatic rings. The highest BCUT2D eigenvalue weighted by Crippen LogP contribution is 2.38. The summed E-state index contributed by atoms with van der Waals surface area (Å²) in [5.41, 5.74) is 3.61. The van der Waals surface area contributed by atoms with Gasteiger partial charge in [0.15, 0.2) is 11.5 Å². The molecule has 1 aliphatic rings. The Morgan fingerprint density at radius 3 is 2.36 bits per heavy atom. The molecule has 1 N–H and O–H groups in total. The highest BCUT2D eigenvalue weighted by molar-refractivity contribution is 5.72. The van der Waals surface area contributed by atoms with E-state index >= 15 is 0 Å². The lowest BCUT2D eigenvalue weighted by Gasteiger charge is -2.38. The predicted molar refractivity (Wildman–Crippen MR) is 108 cm³/mol. The van der Waals surface area contributed by atoms with Crippen LogP contribution in [0.3, 0.4) is 0 Å². The molecule has 1 aliphatic heterocycles. The first-order valence-electron chi connectivity index (χ1n) is 9.42. The van der Waals surface area contributed by atoms with Crippen LogP contribution >= 0.6 is 0 Å². The fraction of sp³-hybridized carbons (Fsp3) is 0.409. The van der Waals surface area contributed by atoms with E-state index in [2.05, 4.69) is 28.4 Å². The lowest BCUT2D eigenvalue weighted by atomic mass is 9.91. The third-order valence-electron chi connectivity index (χ3n) is 5.20. The summed E-state index contributed by atoms with van der Waals surface area (Å²) in [6, 6.07) is 12.3. The van der Waals surface area contributed by atoms with Gasteiger partial charge in [0.25, 0.3) is 0 Å². The van der Waals surface area contributed by atoms with Gasteiger partial charge in [-0.1, -0.05) is 12.1 Å². The molecule has 0 radical (unpaired) electrons. The number of ether oxygens (including phenoxy) is 3. The number of hydrogen-bond acceptors (Lipinski definition) is 5. The molecule has 3 rings (SSSR count). The number of amides is 1. The second kappa shape index (κ2) is 8.97. The molecule has 6 nitrogen and oxygen atoms in total. The van der Waals surface area contributed by atoms with Crippen molar-refractivity contribution in [2.75, 3.05) is 34.4 Å². The van der Waals surface area contributed by atoms with Crippen molar-refractivity contribution in [2.24, 2.45) is 0 Å². The van der Waals surface area contributed by atoms with Gasteiger partial charge in [0.05, 0.1) is 27.4 Å². The van der Waals surface area contributed by atoms with Gasteiger partial charge in [-0.3, -0.25) is 9.69 Å². The minimum atomic E-state index is -0.0306. The molecule has 0 spiro atoms. The van der Waals surface area contributed by atoms with Crippen LogP contribution in [0.15, 0.2) is 36.4 Å². The fourth-order valence-electron chi connectivity index (χ4n) is 3.71. The third kappa shape index (κ3) is 4.39. The van der Waals surface area contributed by atoms with Crippen molar-refractivity contribution >= 4 is 5.91 Å². The number of methoxy groups -OCH3 is 3. The van der Waals surface area contributed by atoms with Crippen LogP contribution in [0.1, 0.15) is 29.7 Å². The molecule has 1 atom stereocenters. The summed E-state index contributed by atoms with van der Waals surface area (Å²) in [7, 11) is 4.96. The fourth-order valence-corrected chi connectivity index (χ4v) is 3.71. The molecule has 0 aliphatic carbocycles. The second-order valence-electron chi connectivity index (χ2n) is 6.93. The van der Waals surface area contributed by atoms with Gasteiger partial charge in [-0.2, -0.15) is 0 Å². The Hall–Kier alpha value is -2.73. The summed E-state index contributed by atoms with van der Waals surface area (Å²) in [4.78, 5) is 14.0. The molecule has 150 valence electrons. The van der Waals surface area contributed by atoms with Crippen LogP contribution < -0.4 is 19.5 Å². The van der Waals surface area contributed by atoms with Crippen molar-refractivity contribution in [1.29, 1.82) is 0 Å². The van der Waals surface area contributed by atoms with E-state index < -0.39 is 0 Å². The highest BCUT2D eigenvalue weighted by Gasteiger charge is 2.29. The van der Waals surface area contributed by atoms with Crippen LogP contribution in [0.25, 0.3) is 0 Å². The largest absolute Gasteiger partial charge is 0.497 e. The Bertz CT molecular complexity index is 820. The van der Waals surface area contributed by atoms with E-state index in [4.69, 9.17) is 14.2 Å². The summed E-state index contributed by atoms with van der Waals surface area (Å²) in [6.07, 6.45) is 0.919. The van der Waals surface area contributed by atoms with E-state index in [1.54, 1.807) is 28.3 Å². The molecule has 1 amide bonds. The molecule has 1 heterocycles. The summed E-state index contributed by atoms with van der Waals surface area (Å²) in [5.74, 6) is 2.26. The summed E-state index contributed by atoms with van der Waals surface area (Å²) >= 11 is 0. The molecule has 0 saturated carbocycles. The van der Waals surface area contributed by atoms with E-state index in [0.717, 1.165) is 31.0 Å². The number of rotatable bonds is 7. The smallest absolute Gasteiger partial charge is 0.216 e. The van der Waals surface area contributed by atoms with Crippen molar-refractivity contribution in [3.8, 4) is 17.2 Å². The molecule has 0 bridgehead atoms. The summed E-state index contributed by atoms with van der Waals surface area (Å²) in [5, 5.41) is 2.98. The molecule has 0 saturated heterocycles. The van der Waals surface area contributed by atoms with Crippen LogP contribution in [0.4, 0.5) is 0 Å². The first-order chi connectivity index (χ1) is 13.5. The van der Waals surface area contributed by atoms with Crippen molar-refractivity contribution in [3.63, 3.8) is 0 Å². The third-order valence-corrected chi connectivity index (χ3v) is 5.20. The van der Waals surface area contributed by atoms with E-state index in [0.29, 0.717) is 12.3 Å². The molecule has 6 heteroatoms. The van der Waals surface area contributed by atoms with Gasteiger partial charge >= 0.3 is 0 Å². The number of nitrogens with one attached hydrogen (secondary N) is 1. The molecular weight excluding hydrogens is 356 g/mol. The summed E-state index contributed by atoms with van der Waals surface area (Å²) in [6.45, 7) is 3.79. The maximum atomic E-state index is 11.6. The standard InChI is InChI=1S/C22H28N2O4/c1-15(25)23-13-20-19-12-22(28-4)21(27-3)11-17(19)9-10-24(20)14-16-5-7-18(26-2)8-6-16/h5-8,11-12,20H,9-10,13-14H2,1-4H3,(H,23,25)/t20-/m0/s1. The Labute approximate surface area is 166 Å². The van der Waals surface area contributed by atoms with E-state index in [9.17, 15) is 4.79 Å². The molecular formula is C22H28N2O4. The average Bonchev–Trinajstić information content (AvgIpc) is 2.72. The second-order valence-corrected chi connectivity index (χ2v) is 6.93. The van der Waals surface area contributed by atoms with Crippen LogP contribution in [0.2, 0.25) is 0 Å². The van der Waals surface area contributed by atoms with Crippen molar-refractivity contribution in [3.05, 3.63) is 53.1 Å². The van der Waals surface area contributed by atoms with Gasteiger partial charge < -0.3 is 19.5 Å². The Morgan fingerprint density at radius 1 is 1.07 bits per heavy atom. The number of carbonyl (C=O) groups excluding carboxylic acids is 1. The van der Waals surface area contributed by atoms with Crippen molar-refractivity contribution < 1.29 is 19.0 Å². The number of nitrogens with zero attached hydrogens (tertiary/aromatic N) is 1. The summed E-state index contributed by atoms with van der Waals surface area (Å²) < 4.78 is 16.2. The zero-order valence-electron chi connectivity index (χ0n) is 17.0. The maximum absolute atomic E-state index is 11.6. The highest BCUT2D eigenvalue weighted by atomic mass is 16.5. The van der Waals surface area contributed by atoms with Crippen LogP contribution in [0.5, 0.6) is 17.2 Å². The van der Waals surface area contributed by atoms with Crippen LogP contribution in [-0.2, 0) is 17.8 Å². The zero-order valence-corrected chi connectivity index (χ0v) is 17.0. The molecule has 0 fully saturated rings. The maximum Gasteiger partial charge on any atom is 0.216 e. The normalized spacial score (nSPS) is 16.2. The average molecular weight is 384 g/mol. The molecule has 28 heavy (non-hydrogen) atoms. The number of hydrogen-bond donors (Lipinski definition) is 1. The van der Waals surface area contributed by atoms with E-state index in [1.807, 2.05) is 18.2 Å². The quantitative estimate of drug-likeness (QED) is 0.795. The van der Waals surface area contributed by atoms with Gasteiger partial charge in [-0.25, -0.2) is 0 Å².